The van der Waals surface area contributed by atoms with E-state index in [4.69, 9.17) is 9.84 Å². The quantitative estimate of drug-likeness (QED) is 0.861. The SMILES string of the molecule is COCCN(CC(=O)O)C(=O)c1cc(F)cc(Br)c1. The number of ether oxygens (including phenoxy) is 1. The van der Waals surface area contributed by atoms with E-state index in [-0.39, 0.29) is 18.7 Å². The van der Waals surface area contributed by atoms with Crippen molar-refractivity contribution in [3.8, 4) is 0 Å². The molecular weight excluding hydrogens is 321 g/mol. The first-order valence-corrected chi connectivity index (χ1v) is 6.19. The summed E-state index contributed by atoms with van der Waals surface area (Å²) in [6.07, 6.45) is 0. The molecule has 0 aliphatic carbocycles. The van der Waals surface area contributed by atoms with Crippen molar-refractivity contribution < 1.29 is 23.8 Å². The second-order valence-corrected chi connectivity index (χ2v) is 4.69. The summed E-state index contributed by atoms with van der Waals surface area (Å²) >= 11 is 3.08. The average Bonchev–Trinajstić information content (AvgIpc) is 2.32. The van der Waals surface area contributed by atoms with Gasteiger partial charge in [-0.2, -0.15) is 0 Å². The second-order valence-electron chi connectivity index (χ2n) is 3.77. The van der Waals surface area contributed by atoms with Crippen molar-refractivity contribution in [3.63, 3.8) is 0 Å². The predicted octanol–water partition coefficient (Wildman–Crippen LogP) is 1.76. The van der Waals surface area contributed by atoms with Crippen LogP contribution in [0.5, 0.6) is 0 Å². The number of carbonyl (C=O) groups is 2. The number of amides is 1. The topological polar surface area (TPSA) is 66.8 Å². The zero-order valence-electron chi connectivity index (χ0n) is 10.2. The van der Waals surface area contributed by atoms with Gasteiger partial charge in [0.1, 0.15) is 12.4 Å². The first kappa shape index (κ1) is 15.6. The molecule has 1 rings (SSSR count). The number of carboxylic acid groups (broad SMARTS) is 1. The number of methoxy groups -OCH3 is 1. The van der Waals surface area contributed by atoms with E-state index in [2.05, 4.69) is 15.9 Å². The number of hydrogen-bond donors (Lipinski definition) is 1. The van der Waals surface area contributed by atoms with E-state index in [9.17, 15) is 14.0 Å². The van der Waals surface area contributed by atoms with Crippen LogP contribution >= 0.6 is 15.9 Å². The molecule has 0 spiro atoms. The molecule has 0 atom stereocenters. The summed E-state index contributed by atoms with van der Waals surface area (Å²) in [6, 6.07) is 3.72. The Labute approximate surface area is 118 Å². The summed E-state index contributed by atoms with van der Waals surface area (Å²) in [5, 5.41) is 8.77. The van der Waals surface area contributed by atoms with Crippen molar-refractivity contribution in [1.29, 1.82) is 0 Å². The standard InChI is InChI=1S/C12H13BrFNO4/c1-19-3-2-15(7-11(16)17)12(18)8-4-9(13)6-10(14)5-8/h4-6H,2-3,7H2,1H3,(H,16,17). The Morgan fingerprint density at radius 1 is 1.42 bits per heavy atom. The predicted molar refractivity (Wildman–Crippen MR) is 69.5 cm³/mol. The molecule has 0 unspecified atom stereocenters. The minimum Gasteiger partial charge on any atom is -0.480 e. The van der Waals surface area contributed by atoms with E-state index in [0.717, 1.165) is 11.0 Å². The van der Waals surface area contributed by atoms with Gasteiger partial charge in [-0.3, -0.25) is 9.59 Å². The Bertz CT molecular complexity index is 461. The third kappa shape index (κ3) is 4.96. The van der Waals surface area contributed by atoms with E-state index in [0.29, 0.717) is 4.47 Å². The molecular formula is C12H13BrFNO4. The monoisotopic (exact) mass is 333 g/mol. The van der Waals surface area contributed by atoms with Crippen LogP contribution in [-0.4, -0.2) is 48.7 Å². The average molecular weight is 334 g/mol. The highest BCUT2D eigenvalue weighted by Gasteiger charge is 2.19. The maximum absolute atomic E-state index is 13.2. The van der Waals surface area contributed by atoms with Gasteiger partial charge >= 0.3 is 5.97 Å². The van der Waals surface area contributed by atoms with Crippen molar-refractivity contribution in [3.05, 3.63) is 34.1 Å². The lowest BCUT2D eigenvalue weighted by molar-refractivity contribution is -0.137. The lowest BCUT2D eigenvalue weighted by Crippen LogP contribution is -2.38. The van der Waals surface area contributed by atoms with Crippen LogP contribution in [-0.2, 0) is 9.53 Å². The Morgan fingerprint density at radius 3 is 2.63 bits per heavy atom. The number of aliphatic carboxylic acids is 1. The zero-order valence-corrected chi connectivity index (χ0v) is 11.8. The molecule has 1 aromatic carbocycles. The van der Waals surface area contributed by atoms with Gasteiger partial charge in [0.2, 0.25) is 0 Å². The van der Waals surface area contributed by atoms with Gasteiger partial charge < -0.3 is 14.7 Å². The molecule has 0 fully saturated rings. The molecule has 104 valence electrons. The first-order chi connectivity index (χ1) is 8.93. The smallest absolute Gasteiger partial charge is 0.323 e. The fourth-order valence-corrected chi connectivity index (χ4v) is 1.94. The molecule has 0 aliphatic rings. The highest BCUT2D eigenvalue weighted by molar-refractivity contribution is 9.10. The molecule has 7 heteroatoms. The van der Waals surface area contributed by atoms with Gasteiger partial charge in [-0.25, -0.2) is 4.39 Å². The van der Waals surface area contributed by atoms with Gasteiger partial charge in [0.05, 0.1) is 6.61 Å². The molecule has 0 saturated carbocycles. The molecule has 1 aromatic rings. The summed E-state index contributed by atoms with van der Waals surface area (Å²) < 4.78 is 18.5. The maximum Gasteiger partial charge on any atom is 0.323 e. The van der Waals surface area contributed by atoms with E-state index in [1.165, 1.54) is 19.2 Å². The van der Waals surface area contributed by atoms with Crippen molar-refractivity contribution in [2.45, 2.75) is 0 Å². The van der Waals surface area contributed by atoms with Crippen LogP contribution < -0.4 is 0 Å². The summed E-state index contributed by atoms with van der Waals surface area (Å²) in [5.74, 6) is -2.26. The molecule has 0 bridgehead atoms. The largest absolute Gasteiger partial charge is 0.480 e. The zero-order chi connectivity index (χ0) is 14.4. The van der Waals surface area contributed by atoms with Gasteiger partial charge in [-0.1, -0.05) is 15.9 Å². The van der Waals surface area contributed by atoms with Gasteiger partial charge in [-0.05, 0) is 18.2 Å². The minimum atomic E-state index is -1.14. The molecule has 0 heterocycles. The van der Waals surface area contributed by atoms with Gasteiger partial charge in [0.25, 0.3) is 5.91 Å². The van der Waals surface area contributed by atoms with Crippen LogP contribution in [0, 0.1) is 5.82 Å². The summed E-state index contributed by atoms with van der Waals surface area (Å²) in [4.78, 5) is 23.9. The van der Waals surface area contributed by atoms with Crippen molar-refractivity contribution in [1.82, 2.24) is 4.90 Å². The van der Waals surface area contributed by atoms with Gasteiger partial charge in [0.15, 0.2) is 0 Å². The maximum atomic E-state index is 13.2. The molecule has 1 N–H and O–H groups in total. The fourth-order valence-electron chi connectivity index (χ4n) is 1.48. The van der Waals surface area contributed by atoms with Crippen LogP contribution in [0.15, 0.2) is 22.7 Å². The van der Waals surface area contributed by atoms with Crippen LogP contribution in [0.2, 0.25) is 0 Å². The number of benzene rings is 1. The number of hydrogen-bond acceptors (Lipinski definition) is 3. The number of halogens is 2. The van der Waals surface area contributed by atoms with Crippen LogP contribution in [0.1, 0.15) is 10.4 Å². The molecule has 5 nitrogen and oxygen atoms in total. The normalized spacial score (nSPS) is 10.3. The summed E-state index contributed by atoms with van der Waals surface area (Å²) in [5.41, 5.74) is 0.0872. The number of carboxylic acids is 1. The lowest BCUT2D eigenvalue weighted by Gasteiger charge is -2.20. The Morgan fingerprint density at radius 2 is 2.11 bits per heavy atom. The third-order valence-electron chi connectivity index (χ3n) is 2.29. The van der Waals surface area contributed by atoms with Crippen LogP contribution in [0.3, 0.4) is 0 Å². The Kier molecular flexibility index (Phi) is 5.91. The van der Waals surface area contributed by atoms with E-state index >= 15 is 0 Å². The highest BCUT2D eigenvalue weighted by atomic mass is 79.9. The Balaban J connectivity index is 2.93. The van der Waals surface area contributed by atoms with Crippen molar-refractivity contribution in [2.24, 2.45) is 0 Å². The summed E-state index contributed by atoms with van der Waals surface area (Å²) in [7, 11) is 1.45. The van der Waals surface area contributed by atoms with Crippen LogP contribution in [0.4, 0.5) is 4.39 Å². The lowest BCUT2D eigenvalue weighted by atomic mass is 10.2. The van der Waals surface area contributed by atoms with Crippen molar-refractivity contribution in [2.75, 3.05) is 26.8 Å². The van der Waals surface area contributed by atoms with Gasteiger partial charge in [-0.15, -0.1) is 0 Å². The molecule has 0 radical (unpaired) electrons. The molecule has 19 heavy (non-hydrogen) atoms. The molecule has 0 saturated heterocycles. The fraction of sp³-hybridized carbons (Fsp3) is 0.333. The minimum absolute atomic E-state index is 0.0872. The van der Waals surface area contributed by atoms with E-state index in [1.54, 1.807) is 0 Å². The highest BCUT2D eigenvalue weighted by Crippen LogP contribution is 2.16. The number of rotatable bonds is 6. The first-order valence-electron chi connectivity index (χ1n) is 5.40. The Hall–Kier alpha value is -1.47. The molecule has 1 amide bonds. The third-order valence-corrected chi connectivity index (χ3v) is 2.75. The van der Waals surface area contributed by atoms with E-state index < -0.39 is 24.2 Å². The molecule has 0 aliphatic heterocycles. The van der Waals surface area contributed by atoms with E-state index in [1.807, 2.05) is 0 Å². The van der Waals surface area contributed by atoms with Gasteiger partial charge in [0, 0.05) is 23.7 Å². The molecule has 0 aromatic heterocycles. The van der Waals surface area contributed by atoms with Crippen LogP contribution in [0.25, 0.3) is 0 Å². The number of nitrogens with zero attached hydrogens (tertiary/aromatic N) is 1. The summed E-state index contributed by atoms with van der Waals surface area (Å²) in [6.45, 7) is -0.137. The van der Waals surface area contributed by atoms with Crippen molar-refractivity contribution >= 4 is 27.8 Å². The second kappa shape index (κ2) is 7.20. The number of carbonyl (C=O) groups excluding carboxylic acids is 1.